The lowest BCUT2D eigenvalue weighted by atomic mass is 9.58. The summed E-state index contributed by atoms with van der Waals surface area (Å²) in [6.45, 7) is 6.72. The molecule has 2 bridgehead atoms. The van der Waals surface area contributed by atoms with E-state index in [1.165, 1.54) is 21.4 Å². The lowest BCUT2D eigenvalue weighted by Gasteiger charge is -2.43. The SMILES string of the molecule is CC(C)(C)c1ccc2c(c1)C1c3cccc(C#N)c3C2c2c(C#N)cc(-c3nc(-c4ccccc4)c4sc5ccccc5c4n3)cc21. The van der Waals surface area contributed by atoms with E-state index in [0.29, 0.717) is 17.0 Å². The molecule has 2 aromatic heterocycles. The summed E-state index contributed by atoms with van der Waals surface area (Å²) in [7, 11) is 0. The molecule has 10 rings (SSSR count). The third kappa shape index (κ3) is 3.97. The first kappa shape index (κ1) is 27.7. The summed E-state index contributed by atoms with van der Waals surface area (Å²) < 4.78 is 2.23. The van der Waals surface area contributed by atoms with Crippen molar-refractivity contribution in [3.8, 4) is 34.8 Å². The number of nitrogens with zero attached hydrogens (tertiary/aromatic N) is 4. The maximum Gasteiger partial charge on any atom is 0.160 e. The number of hydrogen-bond acceptors (Lipinski definition) is 5. The molecule has 3 aliphatic carbocycles. The second-order valence-electron chi connectivity index (χ2n) is 13.6. The highest BCUT2D eigenvalue weighted by Gasteiger charge is 2.44. The van der Waals surface area contributed by atoms with Crippen molar-refractivity contribution in [3.63, 3.8) is 0 Å². The fourth-order valence-corrected chi connectivity index (χ4v) is 8.89. The molecule has 0 amide bonds. The van der Waals surface area contributed by atoms with Gasteiger partial charge in [-0.05, 0) is 68.6 Å². The van der Waals surface area contributed by atoms with E-state index in [0.717, 1.165) is 54.7 Å². The van der Waals surface area contributed by atoms with Crippen molar-refractivity contribution >= 4 is 31.6 Å². The van der Waals surface area contributed by atoms with Gasteiger partial charge in [-0.1, -0.05) is 99.6 Å². The maximum atomic E-state index is 10.7. The number of thiophene rings is 1. The van der Waals surface area contributed by atoms with Gasteiger partial charge in [0.25, 0.3) is 0 Å². The lowest BCUT2D eigenvalue weighted by molar-refractivity contribution is 0.587. The van der Waals surface area contributed by atoms with Crippen LogP contribution in [0.4, 0.5) is 0 Å². The summed E-state index contributed by atoms with van der Waals surface area (Å²) in [6, 6.07) is 40.7. The van der Waals surface area contributed by atoms with Gasteiger partial charge in [0.15, 0.2) is 5.82 Å². The molecule has 2 heterocycles. The zero-order chi connectivity index (χ0) is 32.0. The third-order valence-electron chi connectivity index (χ3n) is 9.89. The standard InChI is InChI=1S/C42H28N4S/c1-42(2,3)27-16-17-28-31(20-27)36-30-14-9-12-24(21-43)34(30)37(28)35-26(22-44)18-25(19-32(35)36)41-45-38(23-10-5-4-6-11-23)40-39(46-41)29-13-7-8-15-33(29)47-40/h4-20,36-37H,1-3H3. The Balaban J connectivity index is 1.34. The van der Waals surface area contributed by atoms with Crippen LogP contribution in [0.1, 0.15) is 82.7 Å². The summed E-state index contributed by atoms with van der Waals surface area (Å²) in [4.78, 5) is 10.4. The minimum Gasteiger partial charge on any atom is -0.226 e. The molecule has 2 unspecified atom stereocenters. The van der Waals surface area contributed by atoms with Gasteiger partial charge in [0, 0.05) is 33.0 Å². The molecule has 0 saturated heterocycles. The van der Waals surface area contributed by atoms with Crippen molar-refractivity contribution < 1.29 is 0 Å². The van der Waals surface area contributed by atoms with Crippen LogP contribution in [0.3, 0.4) is 0 Å². The van der Waals surface area contributed by atoms with E-state index < -0.39 is 0 Å². The summed E-state index contributed by atoms with van der Waals surface area (Å²) in [5.74, 6) is 0.301. The van der Waals surface area contributed by atoms with Crippen molar-refractivity contribution in [3.05, 3.63) is 153 Å². The van der Waals surface area contributed by atoms with Gasteiger partial charge in [-0.2, -0.15) is 10.5 Å². The van der Waals surface area contributed by atoms with Crippen LogP contribution < -0.4 is 0 Å². The minimum atomic E-state index is -0.197. The molecule has 0 saturated carbocycles. The molecule has 0 fully saturated rings. The molecule has 0 radical (unpaired) electrons. The monoisotopic (exact) mass is 620 g/mol. The van der Waals surface area contributed by atoms with Crippen LogP contribution in [0, 0.1) is 22.7 Å². The summed E-state index contributed by atoms with van der Waals surface area (Å²) in [5.41, 5.74) is 12.9. The molecular weight excluding hydrogens is 593 g/mol. The zero-order valence-corrected chi connectivity index (χ0v) is 27.0. The first-order chi connectivity index (χ1) is 22.9. The molecule has 7 aromatic rings. The van der Waals surface area contributed by atoms with Gasteiger partial charge < -0.3 is 0 Å². The molecule has 0 aliphatic heterocycles. The highest BCUT2D eigenvalue weighted by molar-refractivity contribution is 7.26. The first-order valence-electron chi connectivity index (χ1n) is 15.9. The van der Waals surface area contributed by atoms with Crippen molar-refractivity contribution in [1.29, 1.82) is 10.5 Å². The van der Waals surface area contributed by atoms with Crippen LogP contribution in [-0.4, -0.2) is 9.97 Å². The van der Waals surface area contributed by atoms with E-state index in [2.05, 4.69) is 99.6 Å². The second kappa shape index (κ2) is 9.94. The number of aromatic nitrogens is 2. The molecule has 5 heteroatoms. The Labute approximate surface area is 277 Å². The average Bonchev–Trinajstić information content (AvgIpc) is 3.48. The van der Waals surface area contributed by atoms with E-state index in [9.17, 15) is 10.5 Å². The normalized spacial score (nSPS) is 15.9. The first-order valence-corrected chi connectivity index (χ1v) is 16.7. The topological polar surface area (TPSA) is 73.4 Å². The number of benzene rings is 5. The molecule has 47 heavy (non-hydrogen) atoms. The van der Waals surface area contributed by atoms with Crippen LogP contribution in [0.2, 0.25) is 0 Å². The van der Waals surface area contributed by atoms with E-state index in [4.69, 9.17) is 9.97 Å². The predicted molar refractivity (Wildman–Crippen MR) is 189 cm³/mol. The van der Waals surface area contributed by atoms with Crippen LogP contribution >= 0.6 is 11.3 Å². The molecular formula is C42H28N4S. The predicted octanol–water partition coefficient (Wildman–Crippen LogP) is 10.2. The van der Waals surface area contributed by atoms with Gasteiger partial charge in [0.1, 0.15) is 0 Å². The fourth-order valence-electron chi connectivity index (χ4n) is 7.74. The minimum absolute atomic E-state index is 0.0219. The molecule has 4 nitrogen and oxygen atoms in total. The highest BCUT2D eigenvalue weighted by atomic mass is 32.1. The van der Waals surface area contributed by atoms with Crippen molar-refractivity contribution in [1.82, 2.24) is 9.97 Å². The molecule has 5 aromatic carbocycles. The Kier molecular flexibility index (Phi) is 5.85. The highest BCUT2D eigenvalue weighted by Crippen LogP contribution is 2.58. The Morgan fingerprint density at radius 1 is 0.638 bits per heavy atom. The summed E-state index contributed by atoms with van der Waals surface area (Å²) in [5, 5.41) is 22.1. The smallest absolute Gasteiger partial charge is 0.160 e. The summed E-state index contributed by atoms with van der Waals surface area (Å²) >= 11 is 1.71. The zero-order valence-electron chi connectivity index (χ0n) is 26.2. The second-order valence-corrected chi connectivity index (χ2v) is 14.6. The van der Waals surface area contributed by atoms with Gasteiger partial charge in [0.05, 0.1) is 39.2 Å². The van der Waals surface area contributed by atoms with Crippen LogP contribution in [-0.2, 0) is 5.41 Å². The summed E-state index contributed by atoms with van der Waals surface area (Å²) in [6.07, 6.45) is 0. The van der Waals surface area contributed by atoms with E-state index in [1.807, 2.05) is 36.4 Å². The number of nitriles is 2. The van der Waals surface area contributed by atoms with Crippen LogP contribution in [0.25, 0.3) is 42.9 Å². The Bertz CT molecular complexity index is 2540. The van der Waals surface area contributed by atoms with E-state index >= 15 is 0 Å². The van der Waals surface area contributed by atoms with Gasteiger partial charge in [0.2, 0.25) is 0 Å². The largest absolute Gasteiger partial charge is 0.226 e. The van der Waals surface area contributed by atoms with Crippen LogP contribution in [0.5, 0.6) is 0 Å². The number of rotatable bonds is 2. The van der Waals surface area contributed by atoms with E-state index in [1.54, 1.807) is 11.3 Å². The molecule has 222 valence electrons. The van der Waals surface area contributed by atoms with Gasteiger partial charge in [-0.3, -0.25) is 0 Å². The fraction of sp³-hybridized carbons (Fsp3) is 0.143. The maximum absolute atomic E-state index is 10.7. The molecule has 2 atom stereocenters. The molecule has 3 aliphatic rings. The van der Waals surface area contributed by atoms with Gasteiger partial charge >= 0.3 is 0 Å². The lowest BCUT2D eigenvalue weighted by Crippen LogP contribution is -2.30. The number of hydrogen-bond donors (Lipinski definition) is 0. The van der Waals surface area contributed by atoms with Crippen LogP contribution in [0.15, 0.2) is 103 Å². The third-order valence-corrected chi connectivity index (χ3v) is 11.1. The van der Waals surface area contributed by atoms with Crippen molar-refractivity contribution in [2.24, 2.45) is 0 Å². The van der Waals surface area contributed by atoms with Crippen molar-refractivity contribution in [2.75, 3.05) is 0 Å². The Morgan fingerprint density at radius 2 is 1.40 bits per heavy atom. The molecule has 0 spiro atoms. The van der Waals surface area contributed by atoms with Crippen molar-refractivity contribution in [2.45, 2.75) is 38.0 Å². The van der Waals surface area contributed by atoms with Gasteiger partial charge in [-0.25, -0.2) is 9.97 Å². The van der Waals surface area contributed by atoms with E-state index in [-0.39, 0.29) is 17.3 Å². The number of fused-ring (bicyclic) bond motifs is 3. The molecule has 0 N–H and O–H groups in total. The van der Waals surface area contributed by atoms with Gasteiger partial charge in [-0.15, -0.1) is 11.3 Å². The quantitative estimate of drug-likeness (QED) is 0.193. The Morgan fingerprint density at radius 3 is 2.19 bits per heavy atom. The average molecular weight is 621 g/mol. The Hall–Kier alpha value is -5.62.